The number of anilines is 1. The Bertz CT molecular complexity index is 450. The molecular weight excluding hydrogens is 256 g/mol. The zero-order valence-electron chi connectivity index (χ0n) is 11.8. The number of nitrogens with zero attached hydrogens (tertiary/aromatic N) is 1. The smallest absolute Gasteiger partial charge is 0.239 e. The minimum Gasteiger partial charge on any atom is -0.357 e. The van der Waals surface area contributed by atoms with Crippen molar-refractivity contribution in [3.63, 3.8) is 0 Å². The van der Waals surface area contributed by atoms with Crippen molar-refractivity contribution < 1.29 is 4.79 Å². The van der Waals surface area contributed by atoms with Gasteiger partial charge in [-0.25, -0.2) is 0 Å². The van der Waals surface area contributed by atoms with Crippen molar-refractivity contribution in [2.45, 2.75) is 43.4 Å². The van der Waals surface area contributed by atoms with Crippen molar-refractivity contribution in [3.8, 4) is 0 Å². The first-order valence-electron chi connectivity index (χ1n) is 6.92. The van der Waals surface area contributed by atoms with Crippen LogP contribution in [0.25, 0.3) is 0 Å². The second-order valence-corrected chi connectivity index (χ2v) is 6.43. The van der Waals surface area contributed by atoms with E-state index < -0.39 is 0 Å². The van der Waals surface area contributed by atoms with Crippen LogP contribution in [0.15, 0.2) is 29.2 Å². The van der Waals surface area contributed by atoms with Crippen LogP contribution in [0, 0.1) is 0 Å². The average molecular weight is 278 g/mol. The maximum Gasteiger partial charge on any atom is 0.239 e. The Morgan fingerprint density at radius 3 is 2.84 bits per heavy atom. The van der Waals surface area contributed by atoms with E-state index >= 15 is 0 Å². The topological polar surface area (TPSA) is 32.3 Å². The van der Waals surface area contributed by atoms with Crippen molar-refractivity contribution in [1.82, 2.24) is 5.32 Å². The number of fused-ring (bicyclic) bond motifs is 1. The zero-order chi connectivity index (χ0) is 13.8. The minimum atomic E-state index is 0.114. The second kappa shape index (κ2) is 6.33. The van der Waals surface area contributed by atoms with E-state index in [0.29, 0.717) is 17.8 Å². The molecule has 1 N–H and O–H groups in total. The Hall–Kier alpha value is -1.16. The molecule has 0 fully saturated rings. The normalized spacial score (nSPS) is 21.9. The molecule has 0 radical (unpaired) electrons. The van der Waals surface area contributed by atoms with Gasteiger partial charge in [0.25, 0.3) is 0 Å². The van der Waals surface area contributed by atoms with Crippen molar-refractivity contribution in [3.05, 3.63) is 24.3 Å². The third-order valence-corrected chi connectivity index (χ3v) is 4.91. The number of benzene rings is 1. The van der Waals surface area contributed by atoms with E-state index in [1.54, 1.807) is 0 Å². The summed E-state index contributed by atoms with van der Waals surface area (Å²) in [6.07, 6.45) is 0.976. The second-order valence-electron chi connectivity index (χ2n) is 5.01. The van der Waals surface area contributed by atoms with Gasteiger partial charge in [-0.3, -0.25) is 4.79 Å². The van der Waals surface area contributed by atoms with Gasteiger partial charge in [0.15, 0.2) is 0 Å². The maximum atomic E-state index is 12.0. The molecule has 19 heavy (non-hydrogen) atoms. The van der Waals surface area contributed by atoms with Crippen LogP contribution < -0.4 is 10.2 Å². The predicted octanol–water partition coefficient (Wildman–Crippen LogP) is 2.90. The third-order valence-electron chi connectivity index (χ3n) is 3.54. The van der Waals surface area contributed by atoms with E-state index in [1.165, 1.54) is 10.6 Å². The fraction of sp³-hybridized carbons (Fsp3) is 0.533. The maximum absolute atomic E-state index is 12.0. The van der Waals surface area contributed by atoms with Gasteiger partial charge in [-0.15, -0.1) is 11.8 Å². The highest BCUT2D eigenvalue weighted by Crippen LogP contribution is 2.40. The van der Waals surface area contributed by atoms with Crippen LogP contribution in [0.4, 0.5) is 5.69 Å². The Morgan fingerprint density at radius 1 is 1.37 bits per heavy atom. The molecule has 1 aromatic rings. The molecule has 0 saturated heterocycles. The first-order chi connectivity index (χ1) is 9.13. The lowest BCUT2D eigenvalue weighted by Crippen LogP contribution is -2.47. The summed E-state index contributed by atoms with van der Waals surface area (Å²) in [5.74, 6) is 0.114. The fourth-order valence-corrected chi connectivity index (χ4v) is 3.48. The van der Waals surface area contributed by atoms with Gasteiger partial charge in [-0.05, 0) is 25.5 Å². The Labute approximate surface area is 119 Å². The first kappa shape index (κ1) is 14.3. The minimum absolute atomic E-state index is 0.114. The van der Waals surface area contributed by atoms with Gasteiger partial charge in [-0.1, -0.05) is 26.0 Å². The zero-order valence-corrected chi connectivity index (χ0v) is 12.7. The molecule has 2 atom stereocenters. The molecule has 0 saturated carbocycles. The molecule has 0 aromatic heterocycles. The summed E-state index contributed by atoms with van der Waals surface area (Å²) >= 11 is 1.90. The van der Waals surface area contributed by atoms with Gasteiger partial charge in [0.1, 0.15) is 0 Å². The summed E-state index contributed by atoms with van der Waals surface area (Å²) in [4.78, 5) is 15.5. The molecule has 2 rings (SSSR count). The van der Waals surface area contributed by atoms with Crippen LogP contribution in [-0.4, -0.2) is 30.3 Å². The summed E-state index contributed by atoms with van der Waals surface area (Å²) in [5, 5.41) is 3.45. The number of hydrogen-bond donors (Lipinski definition) is 1. The van der Waals surface area contributed by atoms with Crippen molar-refractivity contribution >= 4 is 23.4 Å². The van der Waals surface area contributed by atoms with Gasteiger partial charge >= 0.3 is 0 Å². The van der Waals surface area contributed by atoms with Crippen LogP contribution in [0.2, 0.25) is 0 Å². The molecule has 1 aliphatic heterocycles. The van der Waals surface area contributed by atoms with E-state index in [2.05, 4.69) is 49.2 Å². The standard InChI is InChI=1S/C15H22N2OS/c1-4-9-16-15(18)10-17-11(2)12(3)19-14-8-6-5-7-13(14)17/h5-8,11-12H,4,9-10H2,1-3H3,(H,16,18). The highest BCUT2D eigenvalue weighted by molar-refractivity contribution is 8.00. The SMILES string of the molecule is CCCNC(=O)CN1c2ccccc2SC(C)C1C. The molecule has 0 aliphatic carbocycles. The number of carbonyl (C=O) groups excluding carboxylic acids is 1. The number of thioether (sulfide) groups is 1. The predicted molar refractivity (Wildman–Crippen MR) is 81.9 cm³/mol. The van der Waals surface area contributed by atoms with Crippen molar-refractivity contribution in [1.29, 1.82) is 0 Å². The van der Waals surface area contributed by atoms with Gasteiger partial charge in [0, 0.05) is 22.7 Å². The number of nitrogens with one attached hydrogen (secondary N) is 1. The third kappa shape index (κ3) is 3.24. The lowest BCUT2D eigenvalue weighted by molar-refractivity contribution is -0.119. The van der Waals surface area contributed by atoms with Crippen molar-refractivity contribution in [2.24, 2.45) is 0 Å². The van der Waals surface area contributed by atoms with E-state index in [9.17, 15) is 4.79 Å². The lowest BCUT2D eigenvalue weighted by atomic mass is 10.1. The quantitative estimate of drug-likeness (QED) is 0.919. The highest BCUT2D eigenvalue weighted by atomic mass is 32.2. The number of para-hydroxylation sites is 1. The van der Waals surface area contributed by atoms with Gasteiger partial charge in [0.05, 0.1) is 12.2 Å². The summed E-state index contributed by atoms with van der Waals surface area (Å²) in [5.41, 5.74) is 1.18. The molecule has 1 aromatic carbocycles. The summed E-state index contributed by atoms with van der Waals surface area (Å²) in [7, 11) is 0. The lowest BCUT2D eigenvalue weighted by Gasteiger charge is -2.39. The van der Waals surface area contributed by atoms with Crippen LogP contribution in [0.3, 0.4) is 0 Å². The summed E-state index contributed by atoms with van der Waals surface area (Å²) in [6, 6.07) is 8.72. The van der Waals surface area contributed by atoms with Crippen LogP contribution in [0.1, 0.15) is 27.2 Å². The van der Waals surface area contributed by atoms with Crippen LogP contribution >= 0.6 is 11.8 Å². The average Bonchev–Trinajstić information content (AvgIpc) is 2.41. The summed E-state index contributed by atoms with van der Waals surface area (Å²) in [6.45, 7) is 7.69. The fourth-order valence-electron chi connectivity index (χ4n) is 2.27. The summed E-state index contributed by atoms with van der Waals surface area (Å²) < 4.78 is 0. The molecule has 0 spiro atoms. The van der Waals surface area contributed by atoms with Crippen LogP contribution in [0.5, 0.6) is 0 Å². The largest absolute Gasteiger partial charge is 0.357 e. The van der Waals surface area contributed by atoms with Crippen molar-refractivity contribution in [2.75, 3.05) is 18.0 Å². The van der Waals surface area contributed by atoms with Crippen LogP contribution in [-0.2, 0) is 4.79 Å². The van der Waals surface area contributed by atoms with E-state index in [1.807, 2.05) is 17.8 Å². The Kier molecular flexibility index (Phi) is 4.75. The monoisotopic (exact) mass is 278 g/mol. The molecule has 1 amide bonds. The van der Waals surface area contributed by atoms with E-state index in [-0.39, 0.29) is 5.91 Å². The number of hydrogen-bond acceptors (Lipinski definition) is 3. The van der Waals surface area contributed by atoms with Gasteiger partial charge < -0.3 is 10.2 Å². The van der Waals surface area contributed by atoms with E-state index in [4.69, 9.17) is 0 Å². The first-order valence-corrected chi connectivity index (χ1v) is 7.80. The molecule has 1 heterocycles. The molecule has 3 nitrogen and oxygen atoms in total. The van der Waals surface area contributed by atoms with E-state index in [0.717, 1.165) is 13.0 Å². The number of amides is 1. The highest BCUT2D eigenvalue weighted by Gasteiger charge is 2.29. The number of rotatable bonds is 4. The number of carbonyl (C=O) groups is 1. The molecule has 0 bridgehead atoms. The molecule has 2 unspecified atom stereocenters. The Morgan fingerprint density at radius 2 is 2.11 bits per heavy atom. The van der Waals surface area contributed by atoms with Gasteiger partial charge in [-0.2, -0.15) is 0 Å². The molecule has 1 aliphatic rings. The Balaban J connectivity index is 2.16. The molecule has 4 heteroatoms. The molecule has 104 valence electrons. The molecular formula is C15H22N2OS. The van der Waals surface area contributed by atoms with Gasteiger partial charge in [0.2, 0.25) is 5.91 Å².